The number of carbonyl (C=O) groups is 1. The van der Waals surface area contributed by atoms with Crippen LogP contribution in [0, 0.1) is 0 Å². The minimum absolute atomic E-state index is 0.0290. The fourth-order valence-corrected chi connectivity index (χ4v) is 1.16. The summed E-state index contributed by atoms with van der Waals surface area (Å²) in [6.45, 7) is 9.29. The number of epoxide rings is 1. The molecule has 3 atom stereocenters. The van der Waals surface area contributed by atoms with Gasteiger partial charge in [-0.2, -0.15) is 0 Å². The SMILES string of the molecule is C=CC(=O)OC(C)COC(C)COCC1CO1. The van der Waals surface area contributed by atoms with Crippen molar-refractivity contribution < 1.29 is 23.7 Å². The van der Waals surface area contributed by atoms with Gasteiger partial charge in [0.1, 0.15) is 12.2 Å². The van der Waals surface area contributed by atoms with Crippen LogP contribution in [0.5, 0.6) is 0 Å². The summed E-state index contributed by atoms with van der Waals surface area (Å²) in [6.07, 6.45) is 1.10. The zero-order valence-electron chi connectivity index (χ0n) is 10.4. The highest BCUT2D eigenvalue weighted by atomic mass is 16.6. The molecule has 0 aliphatic carbocycles. The zero-order valence-corrected chi connectivity index (χ0v) is 10.4. The van der Waals surface area contributed by atoms with Gasteiger partial charge in [-0.05, 0) is 13.8 Å². The van der Waals surface area contributed by atoms with Gasteiger partial charge in [0.15, 0.2) is 0 Å². The van der Waals surface area contributed by atoms with Gasteiger partial charge in [0.2, 0.25) is 0 Å². The summed E-state index contributed by atoms with van der Waals surface area (Å²) in [4.78, 5) is 10.9. The van der Waals surface area contributed by atoms with Gasteiger partial charge in [0, 0.05) is 6.08 Å². The number of hydrogen-bond acceptors (Lipinski definition) is 5. The molecule has 17 heavy (non-hydrogen) atoms. The molecule has 0 saturated carbocycles. The van der Waals surface area contributed by atoms with E-state index < -0.39 is 5.97 Å². The van der Waals surface area contributed by atoms with E-state index in [9.17, 15) is 4.79 Å². The Bertz CT molecular complexity index is 249. The van der Waals surface area contributed by atoms with Crippen molar-refractivity contribution in [3.05, 3.63) is 12.7 Å². The van der Waals surface area contributed by atoms with E-state index in [1.807, 2.05) is 6.92 Å². The summed E-state index contributed by atoms with van der Waals surface area (Å²) in [7, 11) is 0. The quantitative estimate of drug-likeness (QED) is 0.343. The first kappa shape index (κ1) is 14.2. The molecular weight excluding hydrogens is 224 g/mol. The maximum atomic E-state index is 10.9. The lowest BCUT2D eigenvalue weighted by atomic mass is 10.4. The zero-order chi connectivity index (χ0) is 12.7. The topological polar surface area (TPSA) is 57.3 Å². The van der Waals surface area contributed by atoms with Gasteiger partial charge in [0.05, 0.1) is 32.5 Å². The van der Waals surface area contributed by atoms with Crippen molar-refractivity contribution in [1.82, 2.24) is 0 Å². The largest absolute Gasteiger partial charge is 0.457 e. The van der Waals surface area contributed by atoms with Crippen LogP contribution in [0.15, 0.2) is 12.7 Å². The van der Waals surface area contributed by atoms with E-state index in [1.165, 1.54) is 0 Å². The second-order valence-corrected chi connectivity index (χ2v) is 4.09. The summed E-state index contributed by atoms with van der Waals surface area (Å²) in [6, 6.07) is 0. The van der Waals surface area contributed by atoms with Crippen LogP contribution in [-0.4, -0.2) is 50.7 Å². The molecule has 5 heteroatoms. The highest BCUT2D eigenvalue weighted by molar-refractivity contribution is 5.81. The van der Waals surface area contributed by atoms with Crippen molar-refractivity contribution >= 4 is 5.97 Å². The first-order chi connectivity index (χ1) is 8.11. The van der Waals surface area contributed by atoms with Crippen LogP contribution in [0.3, 0.4) is 0 Å². The van der Waals surface area contributed by atoms with E-state index in [0.29, 0.717) is 19.8 Å². The molecule has 0 amide bonds. The van der Waals surface area contributed by atoms with Gasteiger partial charge in [-0.25, -0.2) is 4.79 Å². The van der Waals surface area contributed by atoms with Gasteiger partial charge in [0.25, 0.3) is 0 Å². The monoisotopic (exact) mass is 244 g/mol. The van der Waals surface area contributed by atoms with Crippen molar-refractivity contribution in [2.24, 2.45) is 0 Å². The van der Waals surface area contributed by atoms with Crippen molar-refractivity contribution in [1.29, 1.82) is 0 Å². The van der Waals surface area contributed by atoms with Crippen LogP contribution in [0.25, 0.3) is 0 Å². The Morgan fingerprint density at radius 2 is 2.18 bits per heavy atom. The third kappa shape index (κ3) is 7.10. The normalized spacial score (nSPS) is 21.6. The van der Waals surface area contributed by atoms with Crippen LogP contribution < -0.4 is 0 Å². The van der Waals surface area contributed by atoms with Crippen LogP contribution in [0.4, 0.5) is 0 Å². The number of hydrogen-bond donors (Lipinski definition) is 0. The summed E-state index contributed by atoms with van der Waals surface area (Å²) in [5.41, 5.74) is 0. The Kier molecular flexibility index (Phi) is 6.18. The lowest BCUT2D eigenvalue weighted by molar-refractivity contribution is -0.146. The summed E-state index contributed by atoms with van der Waals surface area (Å²) in [5.74, 6) is -0.434. The fraction of sp³-hybridized carbons (Fsp3) is 0.750. The number of carbonyl (C=O) groups excluding carboxylic acids is 1. The fourth-order valence-electron chi connectivity index (χ4n) is 1.16. The molecule has 1 saturated heterocycles. The molecule has 0 aromatic carbocycles. The van der Waals surface area contributed by atoms with Gasteiger partial charge in [-0.15, -0.1) is 0 Å². The Morgan fingerprint density at radius 3 is 2.76 bits per heavy atom. The molecule has 0 aromatic rings. The minimum atomic E-state index is -0.434. The van der Waals surface area contributed by atoms with Crippen LogP contribution in [0.2, 0.25) is 0 Å². The van der Waals surface area contributed by atoms with Crippen molar-refractivity contribution in [2.45, 2.75) is 32.2 Å². The maximum Gasteiger partial charge on any atom is 0.330 e. The molecule has 5 nitrogen and oxygen atoms in total. The molecule has 1 aliphatic heterocycles. The average Bonchev–Trinajstić information content (AvgIpc) is 3.10. The Morgan fingerprint density at radius 1 is 1.47 bits per heavy atom. The third-order valence-electron chi connectivity index (χ3n) is 2.16. The number of ether oxygens (including phenoxy) is 4. The lowest BCUT2D eigenvalue weighted by Gasteiger charge is -2.17. The summed E-state index contributed by atoms with van der Waals surface area (Å²) < 4.78 is 20.8. The van der Waals surface area contributed by atoms with Crippen molar-refractivity contribution in [2.75, 3.05) is 26.4 Å². The van der Waals surface area contributed by atoms with E-state index in [-0.39, 0.29) is 18.3 Å². The minimum Gasteiger partial charge on any atom is -0.457 e. The second-order valence-electron chi connectivity index (χ2n) is 4.09. The maximum absolute atomic E-state index is 10.9. The molecule has 0 bridgehead atoms. The molecular formula is C12H20O5. The molecule has 98 valence electrons. The highest BCUT2D eigenvalue weighted by Gasteiger charge is 2.22. The van der Waals surface area contributed by atoms with Gasteiger partial charge < -0.3 is 18.9 Å². The van der Waals surface area contributed by atoms with Crippen molar-refractivity contribution in [3.8, 4) is 0 Å². The molecule has 0 aromatic heterocycles. The molecule has 0 spiro atoms. The highest BCUT2D eigenvalue weighted by Crippen LogP contribution is 2.09. The predicted molar refractivity (Wildman–Crippen MR) is 61.7 cm³/mol. The Hall–Kier alpha value is -0.910. The smallest absolute Gasteiger partial charge is 0.330 e. The second kappa shape index (κ2) is 7.42. The van der Waals surface area contributed by atoms with Crippen LogP contribution in [0.1, 0.15) is 13.8 Å². The Balaban J connectivity index is 1.98. The van der Waals surface area contributed by atoms with Crippen molar-refractivity contribution in [3.63, 3.8) is 0 Å². The van der Waals surface area contributed by atoms with Gasteiger partial charge in [-0.1, -0.05) is 6.58 Å². The van der Waals surface area contributed by atoms with Crippen LogP contribution in [-0.2, 0) is 23.7 Å². The summed E-state index contributed by atoms with van der Waals surface area (Å²) >= 11 is 0. The molecule has 1 fully saturated rings. The standard InChI is InChI=1S/C12H20O5/c1-4-12(13)17-10(3)6-15-9(2)5-14-7-11-8-16-11/h4,9-11H,1,5-8H2,2-3H3. The van der Waals surface area contributed by atoms with E-state index >= 15 is 0 Å². The molecule has 3 unspecified atom stereocenters. The van der Waals surface area contributed by atoms with Crippen LogP contribution >= 0.6 is 0 Å². The van der Waals surface area contributed by atoms with E-state index in [0.717, 1.165) is 12.7 Å². The molecule has 1 heterocycles. The number of rotatable bonds is 9. The number of esters is 1. The van der Waals surface area contributed by atoms with E-state index in [4.69, 9.17) is 18.9 Å². The van der Waals surface area contributed by atoms with E-state index in [2.05, 4.69) is 6.58 Å². The average molecular weight is 244 g/mol. The third-order valence-corrected chi connectivity index (χ3v) is 2.16. The first-order valence-corrected chi connectivity index (χ1v) is 5.75. The first-order valence-electron chi connectivity index (χ1n) is 5.75. The lowest BCUT2D eigenvalue weighted by Crippen LogP contribution is -2.25. The molecule has 1 rings (SSSR count). The summed E-state index contributed by atoms with van der Waals surface area (Å²) in [5, 5.41) is 0. The molecule has 0 N–H and O–H groups in total. The van der Waals surface area contributed by atoms with Gasteiger partial charge >= 0.3 is 5.97 Å². The molecule has 1 aliphatic rings. The van der Waals surface area contributed by atoms with E-state index in [1.54, 1.807) is 6.92 Å². The molecule has 0 radical (unpaired) electrons. The predicted octanol–water partition coefficient (Wildman–Crippen LogP) is 0.925. The Labute approximate surface area is 102 Å². The van der Waals surface area contributed by atoms with Gasteiger partial charge in [-0.3, -0.25) is 0 Å².